The maximum absolute atomic E-state index is 12.8. The monoisotopic (exact) mass is 989 g/mol. The molecule has 0 aliphatic carbocycles. The van der Waals surface area contributed by atoms with Crippen molar-refractivity contribution in [1.29, 1.82) is 0 Å². The van der Waals surface area contributed by atoms with Gasteiger partial charge in [0.05, 0.1) is 0 Å². The molecule has 6 nitrogen and oxygen atoms in total. The molecule has 0 heterocycles. The number of hydrogen-bond donors (Lipinski definition) is 0. The molecule has 0 unspecified atom stereocenters. The first kappa shape index (κ1) is 67.6. The number of hydrogen-bond acceptors (Lipinski definition) is 6. The van der Waals surface area contributed by atoms with Crippen LogP contribution in [0.5, 0.6) is 0 Å². The van der Waals surface area contributed by atoms with Crippen LogP contribution in [0.1, 0.15) is 290 Å². The van der Waals surface area contributed by atoms with Crippen molar-refractivity contribution in [2.45, 2.75) is 297 Å². The van der Waals surface area contributed by atoms with E-state index >= 15 is 0 Å². The zero-order chi connectivity index (χ0) is 51.4. The Morgan fingerprint density at radius 3 is 0.887 bits per heavy atom. The van der Waals surface area contributed by atoms with Gasteiger partial charge in [0, 0.05) is 19.3 Å². The van der Waals surface area contributed by atoms with Crippen molar-refractivity contribution >= 4 is 17.9 Å². The normalized spacial score (nSPS) is 12.3. The highest BCUT2D eigenvalue weighted by molar-refractivity contribution is 5.71. The molecule has 0 aliphatic heterocycles. The predicted molar refractivity (Wildman–Crippen MR) is 307 cm³/mol. The summed E-state index contributed by atoms with van der Waals surface area (Å²) in [5, 5.41) is 0. The van der Waals surface area contributed by atoms with E-state index < -0.39 is 12.1 Å². The number of rotatable bonds is 54. The van der Waals surface area contributed by atoms with Crippen LogP contribution in [-0.2, 0) is 28.6 Å². The molecular weight excluding hydrogens is 877 g/mol. The van der Waals surface area contributed by atoms with Gasteiger partial charge in [-0.1, -0.05) is 247 Å². The third kappa shape index (κ3) is 57.4. The summed E-state index contributed by atoms with van der Waals surface area (Å²) in [5.74, 6) is -0.993. The van der Waals surface area contributed by atoms with E-state index in [0.29, 0.717) is 19.3 Å². The summed E-state index contributed by atoms with van der Waals surface area (Å²) in [6.45, 7) is 6.56. The van der Waals surface area contributed by atoms with Gasteiger partial charge < -0.3 is 14.2 Å². The highest BCUT2D eigenvalue weighted by Crippen LogP contribution is 2.15. The maximum Gasteiger partial charge on any atom is 0.306 e. The second-order valence-electron chi connectivity index (χ2n) is 19.9. The average Bonchev–Trinajstić information content (AvgIpc) is 3.37. The number of unbranched alkanes of at least 4 members (excludes halogenated alkanes) is 29. The number of allylic oxidation sites excluding steroid dienone is 14. The van der Waals surface area contributed by atoms with Crippen molar-refractivity contribution in [2.24, 2.45) is 0 Å². The number of esters is 3. The van der Waals surface area contributed by atoms with Crippen LogP contribution in [0.15, 0.2) is 85.1 Å². The smallest absolute Gasteiger partial charge is 0.306 e. The minimum absolute atomic E-state index is 0.109. The zero-order valence-electron chi connectivity index (χ0n) is 46.7. The van der Waals surface area contributed by atoms with E-state index in [0.717, 1.165) is 64.2 Å². The number of carbonyl (C=O) groups excluding carboxylic acids is 3. The van der Waals surface area contributed by atoms with Crippen LogP contribution in [0.4, 0.5) is 0 Å². The molecule has 6 heteroatoms. The molecule has 0 aliphatic rings. The van der Waals surface area contributed by atoms with Crippen LogP contribution in [-0.4, -0.2) is 37.2 Å². The van der Waals surface area contributed by atoms with Crippen molar-refractivity contribution in [2.75, 3.05) is 13.2 Å². The summed E-state index contributed by atoms with van der Waals surface area (Å²) in [5.41, 5.74) is 0. The summed E-state index contributed by atoms with van der Waals surface area (Å²) < 4.78 is 16.8. The minimum atomic E-state index is -0.821. The lowest BCUT2D eigenvalue weighted by molar-refractivity contribution is -0.166. The van der Waals surface area contributed by atoms with Gasteiger partial charge in [-0.2, -0.15) is 0 Å². The fourth-order valence-corrected chi connectivity index (χ4v) is 8.30. The van der Waals surface area contributed by atoms with Crippen molar-refractivity contribution in [1.82, 2.24) is 0 Å². The van der Waals surface area contributed by atoms with Crippen LogP contribution in [0, 0.1) is 0 Å². The Bertz CT molecular complexity index is 1310. The molecule has 0 aromatic rings. The molecule has 0 radical (unpaired) electrons. The third-order valence-electron chi connectivity index (χ3n) is 12.9. The van der Waals surface area contributed by atoms with Gasteiger partial charge in [0.15, 0.2) is 6.10 Å². The molecule has 0 bridgehead atoms. The molecule has 0 rings (SSSR count). The Morgan fingerprint density at radius 2 is 0.535 bits per heavy atom. The van der Waals surface area contributed by atoms with E-state index in [4.69, 9.17) is 14.2 Å². The van der Waals surface area contributed by atoms with Gasteiger partial charge in [0.2, 0.25) is 0 Å². The predicted octanol–water partition coefficient (Wildman–Crippen LogP) is 20.3. The summed E-state index contributed by atoms with van der Waals surface area (Å²) in [6.07, 6.45) is 77.3. The van der Waals surface area contributed by atoms with Crippen LogP contribution < -0.4 is 0 Å². The SMILES string of the molecule is CCCCC/C=C\C/C=C\C/C=C\C/C=C\C/C=C\CCC(=O)OC(COC(=O)CCCCCCCCC/C=C\CCCCCCCC)COC(=O)CCCCCCCCC/C=C\CCCCCCCC. The van der Waals surface area contributed by atoms with Crippen molar-refractivity contribution in [3.63, 3.8) is 0 Å². The number of carbonyl (C=O) groups is 3. The van der Waals surface area contributed by atoms with Crippen LogP contribution in [0.25, 0.3) is 0 Å². The minimum Gasteiger partial charge on any atom is -0.462 e. The first-order valence-electron chi connectivity index (χ1n) is 30.1. The van der Waals surface area contributed by atoms with E-state index in [2.05, 4.69) is 99.8 Å². The molecule has 408 valence electrons. The van der Waals surface area contributed by atoms with Crippen LogP contribution >= 0.6 is 0 Å². The van der Waals surface area contributed by atoms with Gasteiger partial charge in [0.1, 0.15) is 13.2 Å². The van der Waals surface area contributed by atoms with E-state index in [1.807, 2.05) is 6.08 Å². The second-order valence-corrected chi connectivity index (χ2v) is 19.9. The third-order valence-corrected chi connectivity index (χ3v) is 12.9. The highest BCUT2D eigenvalue weighted by atomic mass is 16.6. The Hall–Kier alpha value is -3.41. The lowest BCUT2D eigenvalue weighted by Gasteiger charge is -2.18. The van der Waals surface area contributed by atoms with Crippen LogP contribution in [0.2, 0.25) is 0 Å². The number of ether oxygens (including phenoxy) is 3. The van der Waals surface area contributed by atoms with Gasteiger partial charge in [0.25, 0.3) is 0 Å². The van der Waals surface area contributed by atoms with Gasteiger partial charge in [-0.15, -0.1) is 0 Å². The van der Waals surface area contributed by atoms with Gasteiger partial charge in [-0.05, 0) is 109 Å². The van der Waals surface area contributed by atoms with E-state index in [1.165, 1.54) is 180 Å². The quantitative estimate of drug-likeness (QED) is 0.0261. The van der Waals surface area contributed by atoms with E-state index in [-0.39, 0.29) is 31.6 Å². The zero-order valence-corrected chi connectivity index (χ0v) is 46.7. The molecule has 0 fully saturated rings. The van der Waals surface area contributed by atoms with Gasteiger partial charge >= 0.3 is 17.9 Å². The highest BCUT2D eigenvalue weighted by Gasteiger charge is 2.19. The summed E-state index contributed by atoms with van der Waals surface area (Å²) in [4.78, 5) is 38.2. The fraction of sp³-hybridized carbons (Fsp3) is 0.738. The molecule has 0 saturated heterocycles. The van der Waals surface area contributed by atoms with Crippen LogP contribution in [0.3, 0.4) is 0 Å². The average molecular weight is 990 g/mol. The van der Waals surface area contributed by atoms with Gasteiger partial charge in [-0.25, -0.2) is 0 Å². The molecule has 0 spiro atoms. The first-order valence-corrected chi connectivity index (χ1v) is 30.1. The Kier molecular flexibility index (Phi) is 56.3. The summed E-state index contributed by atoms with van der Waals surface area (Å²) in [7, 11) is 0. The molecule has 0 amide bonds. The Labute approximate surface area is 439 Å². The topological polar surface area (TPSA) is 78.9 Å². The lowest BCUT2D eigenvalue weighted by atomic mass is 10.1. The summed E-state index contributed by atoms with van der Waals surface area (Å²) >= 11 is 0. The van der Waals surface area contributed by atoms with Gasteiger partial charge in [-0.3, -0.25) is 14.4 Å². The molecule has 0 N–H and O–H groups in total. The summed E-state index contributed by atoms with van der Waals surface area (Å²) in [6, 6.07) is 0. The molecule has 0 aromatic carbocycles. The van der Waals surface area contributed by atoms with Crippen molar-refractivity contribution in [3.05, 3.63) is 85.1 Å². The second kappa shape index (κ2) is 59.2. The Balaban J connectivity index is 4.50. The first-order chi connectivity index (χ1) is 35.0. The molecular formula is C65H112O6. The molecule has 0 atom stereocenters. The standard InChI is InChI=1S/C65H112O6/c1-4-7-10-13-16-19-22-25-28-31-32-35-38-41-44-47-50-53-56-59-65(68)71-62(60-69-63(66)57-54-51-48-45-42-39-36-33-29-26-23-20-17-14-11-8-5-2)61-70-64(67)58-55-52-49-46-43-40-37-34-30-27-24-21-18-15-12-9-6-3/h16,19,25-30,32,35,41,44,50,53,62H,4-15,17-18,20-24,31,33-34,36-40,42-43,45-49,51-52,54-61H2,1-3H3/b19-16-,28-25-,29-26-,30-27-,35-32-,44-41-,53-50-. The molecule has 0 saturated carbocycles. The van der Waals surface area contributed by atoms with Crippen molar-refractivity contribution < 1.29 is 28.6 Å². The fourth-order valence-electron chi connectivity index (χ4n) is 8.30. The molecule has 0 aromatic heterocycles. The van der Waals surface area contributed by atoms with E-state index in [1.54, 1.807) is 0 Å². The lowest BCUT2D eigenvalue weighted by Crippen LogP contribution is -2.30. The largest absolute Gasteiger partial charge is 0.462 e. The Morgan fingerprint density at radius 1 is 0.282 bits per heavy atom. The maximum atomic E-state index is 12.8. The van der Waals surface area contributed by atoms with E-state index in [9.17, 15) is 14.4 Å². The van der Waals surface area contributed by atoms with Crippen molar-refractivity contribution in [3.8, 4) is 0 Å². The molecule has 71 heavy (non-hydrogen) atoms.